The highest BCUT2D eigenvalue weighted by atomic mass is 16.5. The van der Waals surface area contributed by atoms with E-state index in [-0.39, 0.29) is 12.0 Å². The molecule has 1 fully saturated rings. The molecule has 1 saturated carbocycles. The molecule has 1 amide bonds. The van der Waals surface area contributed by atoms with Gasteiger partial charge in [-0.1, -0.05) is 31.4 Å². The van der Waals surface area contributed by atoms with Crippen molar-refractivity contribution in [2.45, 2.75) is 57.6 Å². The Kier molecular flexibility index (Phi) is 3.68. The second-order valence-corrected chi connectivity index (χ2v) is 6.13. The third-order valence-electron chi connectivity index (χ3n) is 4.60. The number of hydrogen-bond donors (Lipinski definition) is 0. The Labute approximate surface area is 120 Å². The Balaban J connectivity index is 1.82. The van der Waals surface area contributed by atoms with Crippen LogP contribution in [0.5, 0.6) is 5.75 Å². The van der Waals surface area contributed by atoms with Gasteiger partial charge in [-0.25, -0.2) is 0 Å². The summed E-state index contributed by atoms with van der Waals surface area (Å²) in [5, 5.41) is 0. The number of benzene rings is 1. The predicted octanol–water partition coefficient (Wildman–Crippen LogP) is 3.41. The van der Waals surface area contributed by atoms with Crippen molar-refractivity contribution < 1.29 is 9.53 Å². The Bertz CT molecular complexity index is 506. The highest BCUT2D eigenvalue weighted by Gasteiger charge is 2.29. The minimum atomic E-state index is 0.114. The first-order valence-electron chi connectivity index (χ1n) is 7.72. The van der Waals surface area contributed by atoms with Gasteiger partial charge in [0.15, 0.2) is 0 Å². The molecular formula is C17H23NO2. The Morgan fingerprint density at radius 2 is 2.00 bits per heavy atom. The Morgan fingerprint density at radius 1 is 1.25 bits per heavy atom. The lowest BCUT2D eigenvalue weighted by molar-refractivity contribution is 0.0691. The lowest BCUT2D eigenvalue weighted by Gasteiger charge is -2.31. The van der Waals surface area contributed by atoms with E-state index < -0.39 is 0 Å². The quantitative estimate of drug-likeness (QED) is 0.826. The second kappa shape index (κ2) is 5.47. The summed E-state index contributed by atoms with van der Waals surface area (Å²) >= 11 is 0. The molecule has 3 nitrogen and oxygen atoms in total. The zero-order valence-electron chi connectivity index (χ0n) is 12.4. The first kappa shape index (κ1) is 13.5. The van der Waals surface area contributed by atoms with E-state index in [1.54, 1.807) is 0 Å². The van der Waals surface area contributed by atoms with E-state index in [9.17, 15) is 4.79 Å². The molecule has 1 heterocycles. The molecule has 0 aromatic heterocycles. The van der Waals surface area contributed by atoms with Gasteiger partial charge in [-0.3, -0.25) is 4.79 Å². The summed E-state index contributed by atoms with van der Waals surface area (Å²) in [6.07, 6.45) is 7.14. The van der Waals surface area contributed by atoms with Gasteiger partial charge in [0, 0.05) is 19.5 Å². The molecule has 0 N–H and O–H groups in total. The summed E-state index contributed by atoms with van der Waals surface area (Å²) in [4.78, 5) is 14.7. The van der Waals surface area contributed by atoms with E-state index in [0.717, 1.165) is 30.6 Å². The van der Waals surface area contributed by atoms with Crippen LogP contribution in [0.15, 0.2) is 18.2 Å². The van der Waals surface area contributed by atoms with Crippen molar-refractivity contribution in [2.75, 3.05) is 7.05 Å². The molecule has 20 heavy (non-hydrogen) atoms. The van der Waals surface area contributed by atoms with Gasteiger partial charge in [-0.05, 0) is 31.4 Å². The molecule has 3 rings (SSSR count). The molecule has 0 bridgehead atoms. The molecule has 3 heteroatoms. The van der Waals surface area contributed by atoms with Crippen molar-refractivity contribution >= 4 is 5.91 Å². The van der Waals surface area contributed by atoms with Crippen LogP contribution in [0.1, 0.15) is 54.9 Å². The van der Waals surface area contributed by atoms with E-state index in [0.29, 0.717) is 6.04 Å². The molecule has 108 valence electrons. The van der Waals surface area contributed by atoms with Crippen molar-refractivity contribution in [3.63, 3.8) is 0 Å². The molecule has 1 aliphatic heterocycles. The summed E-state index contributed by atoms with van der Waals surface area (Å²) in [7, 11) is 1.94. The summed E-state index contributed by atoms with van der Waals surface area (Å²) < 4.78 is 5.85. The first-order valence-corrected chi connectivity index (χ1v) is 7.72. The number of hydrogen-bond acceptors (Lipinski definition) is 2. The molecule has 0 spiro atoms. The van der Waals surface area contributed by atoms with E-state index in [1.165, 1.54) is 24.8 Å². The van der Waals surface area contributed by atoms with Gasteiger partial charge in [0.25, 0.3) is 5.91 Å². The number of amides is 1. The van der Waals surface area contributed by atoms with E-state index in [4.69, 9.17) is 4.74 Å². The van der Waals surface area contributed by atoms with Gasteiger partial charge < -0.3 is 9.64 Å². The van der Waals surface area contributed by atoms with Crippen LogP contribution in [0.2, 0.25) is 0 Å². The number of para-hydroxylation sites is 1. The zero-order valence-corrected chi connectivity index (χ0v) is 12.4. The molecule has 2 aliphatic rings. The average molecular weight is 273 g/mol. The van der Waals surface area contributed by atoms with Crippen LogP contribution >= 0.6 is 0 Å². The fourth-order valence-electron chi connectivity index (χ4n) is 3.43. The number of nitrogens with zero attached hydrogens (tertiary/aromatic N) is 1. The number of ether oxygens (including phenoxy) is 1. The maximum atomic E-state index is 12.8. The average Bonchev–Trinajstić information content (AvgIpc) is 2.86. The minimum absolute atomic E-state index is 0.114. The number of carbonyl (C=O) groups excluding carboxylic acids is 1. The third kappa shape index (κ3) is 2.41. The maximum Gasteiger partial charge on any atom is 0.257 e. The van der Waals surface area contributed by atoms with Crippen LogP contribution in [-0.4, -0.2) is 30.0 Å². The number of fused-ring (bicyclic) bond motifs is 1. The monoisotopic (exact) mass is 273 g/mol. The number of rotatable bonds is 2. The third-order valence-corrected chi connectivity index (χ3v) is 4.60. The van der Waals surface area contributed by atoms with Gasteiger partial charge >= 0.3 is 0 Å². The van der Waals surface area contributed by atoms with Crippen LogP contribution in [0.25, 0.3) is 0 Å². The standard InChI is InChI=1S/C17H23NO2/c1-12-11-13-7-6-10-15(16(13)20-12)17(19)18(2)14-8-4-3-5-9-14/h6-7,10,12,14H,3-5,8-9,11H2,1-2H3/t12-/m1/s1. The van der Waals surface area contributed by atoms with Gasteiger partial charge in [-0.15, -0.1) is 0 Å². The van der Waals surface area contributed by atoms with Crippen LogP contribution in [0, 0.1) is 0 Å². The minimum Gasteiger partial charge on any atom is -0.489 e. The zero-order chi connectivity index (χ0) is 14.1. The highest BCUT2D eigenvalue weighted by Crippen LogP contribution is 2.34. The van der Waals surface area contributed by atoms with E-state index in [1.807, 2.05) is 24.1 Å². The molecule has 0 unspecified atom stereocenters. The van der Waals surface area contributed by atoms with Crippen LogP contribution in [0.3, 0.4) is 0 Å². The molecule has 0 saturated heterocycles. The highest BCUT2D eigenvalue weighted by molar-refractivity contribution is 5.97. The first-order chi connectivity index (χ1) is 9.66. The Morgan fingerprint density at radius 3 is 2.75 bits per heavy atom. The van der Waals surface area contributed by atoms with Crippen molar-refractivity contribution in [2.24, 2.45) is 0 Å². The largest absolute Gasteiger partial charge is 0.489 e. The molecule has 1 aromatic carbocycles. The van der Waals surface area contributed by atoms with Gasteiger partial charge in [0.2, 0.25) is 0 Å². The molecule has 1 atom stereocenters. The van der Waals surface area contributed by atoms with Gasteiger partial charge in [-0.2, -0.15) is 0 Å². The fourth-order valence-corrected chi connectivity index (χ4v) is 3.43. The summed E-state index contributed by atoms with van der Waals surface area (Å²) in [5.41, 5.74) is 1.90. The normalized spacial score (nSPS) is 22.2. The predicted molar refractivity (Wildman–Crippen MR) is 79.2 cm³/mol. The van der Waals surface area contributed by atoms with Crippen LogP contribution in [-0.2, 0) is 6.42 Å². The van der Waals surface area contributed by atoms with Gasteiger partial charge in [0.1, 0.15) is 11.9 Å². The van der Waals surface area contributed by atoms with Crippen molar-refractivity contribution in [3.8, 4) is 5.75 Å². The Hall–Kier alpha value is -1.51. The topological polar surface area (TPSA) is 29.5 Å². The molecule has 1 aliphatic carbocycles. The lowest BCUT2D eigenvalue weighted by atomic mass is 9.94. The number of carbonyl (C=O) groups is 1. The molecular weight excluding hydrogens is 250 g/mol. The molecule has 0 radical (unpaired) electrons. The summed E-state index contributed by atoms with van der Waals surface area (Å²) in [5.74, 6) is 0.926. The smallest absolute Gasteiger partial charge is 0.257 e. The summed E-state index contributed by atoms with van der Waals surface area (Å²) in [6, 6.07) is 6.34. The second-order valence-electron chi connectivity index (χ2n) is 6.13. The summed E-state index contributed by atoms with van der Waals surface area (Å²) in [6.45, 7) is 2.05. The fraction of sp³-hybridized carbons (Fsp3) is 0.588. The van der Waals surface area contributed by atoms with Crippen LogP contribution in [0.4, 0.5) is 0 Å². The van der Waals surface area contributed by atoms with E-state index in [2.05, 4.69) is 13.0 Å². The van der Waals surface area contributed by atoms with Crippen molar-refractivity contribution in [1.82, 2.24) is 4.90 Å². The van der Waals surface area contributed by atoms with Crippen molar-refractivity contribution in [1.29, 1.82) is 0 Å². The maximum absolute atomic E-state index is 12.8. The van der Waals surface area contributed by atoms with Gasteiger partial charge in [0.05, 0.1) is 5.56 Å². The van der Waals surface area contributed by atoms with Crippen LogP contribution < -0.4 is 4.74 Å². The SMILES string of the molecule is C[C@@H]1Cc2cccc(C(=O)N(C)C3CCCCC3)c2O1. The lowest BCUT2D eigenvalue weighted by Crippen LogP contribution is -2.38. The van der Waals surface area contributed by atoms with E-state index >= 15 is 0 Å². The van der Waals surface area contributed by atoms with Crippen molar-refractivity contribution in [3.05, 3.63) is 29.3 Å². The molecule has 1 aromatic rings.